The summed E-state index contributed by atoms with van der Waals surface area (Å²) in [5, 5.41) is 28.2. The number of hydrogen-bond donors (Lipinski definition) is 4. The fourth-order valence-corrected chi connectivity index (χ4v) is 2.75. The first-order valence-electron chi connectivity index (χ1n) is 6.92. The SMILES string of the molecule is NC(C=NO)=NCCSc1nonc1C(=Nc1ccc(F)c(Br)c1)NO. The van der Waals surface area contributed by atoms with Crippen molar-refractivity contribution in [1.82, 2.24) is 15.8 Å². The summed E-state index contributed by atoms with van der Waals surface area (Å²) in [6.45, 7) is 0.318. The quantitative estimate of drug-likeness (QED) is 0.126. The number of aromatic nitrogens is 2. The van der Waals surface area contributed by atoms with Gasteiger partial charge >= 0.3 is 0 Å². The number of benzene rings is 1. The Bertz CT molecular complexity index is 843. The van der Waals surface area contributed by atoms with Crippen LogP contribution >= 0.6 is 27.7 Å². The van der Waals surface area contributed by atoms with E-state index in [1.807, 2.05) is 5.48 Å². The van der Waals surface area contributed by atoms with Gasteiger partial charge in [0.1, 0.15) is 17.9 Å². The van der Waals surface area contributed by atoms with Gasteiger partial charge in [-0.25, -0.2) is 14.0 Å². The van der Waals surface area contributed by atoms with Crippen molar-refractivity contribution in [2.75, 3.05) is 12.3 Å². The minimum Gasteiger partial charge on any atom is -0.411 e. The molecule has 0 unspecified atom stereocenters. The second-order valence-electron chi connectivity index (χ2n) is 4.49. The van der Waals surface area contributed by atoms with Gasteiger partial charge in [-0.2, -0.15) is 0 Å². The van der Waals surface area contributed by atoms with Gasteiger partial charge in [-0.3, -0.25) is 15.7 Å². The maximum atomic E-state index is 13.3. The molecule has 0 atom stereocenters. The predicted octanol–water partition coefficient (Wildman–Crippen LogP) is 1.94. The lowest BCUT2D eigenvalue weighted by Gasteiger charge is -2.03. The summed E-state index contributed by atoms with van der Waals surface area (Å²) in [5.74, 6) is 0.0745. The Hall–Kier alpha value is -2.51. The van der Waals surface area contributed by atoms with E-state index in [4.69, 9.17) is 10.9 Å². The highest BCUT2D eigenvalue weighted by atomic mass is 79.9. The smallest absolute Gasteiger partial charge is 0.186 e. The Morgan fingerprint density at radius 3 is 2.96 bits per heavy atom. The van der Waals surface area contributed by atoms with E-state index in [1.165, 1.54) is 30.0 Å². The summed E-state index contributed by atoms with van der Waals surface area (Å²) in [6.07, 6.45) is 1.01. The standard InChI is InChI=1S/C13H13BrFN7O3S/c14-8-5-7(1-2-9(8)15)19-12(20-24)11-13(22-25-21-11)26-4-3-17-10(16)6-18-23/h1-2,5-6,23-24H,3-4H2,(H2,16,17)(H,19,20). The molecule has 0 radical (unpaired) electrons. The molecule has 2 aromatic rings. The Kier molecular flexibility index (Phi) is 7.50. The second kappa shape index (κ2) is 9.84. The summed E-state index contributed by atoms with van der Waals surface area (Å²) in [6, 6.07) is 4.10. The van der Waals surface area contributed by atoms with Crippen molar-refractivity contribution in [3.8, 4) is 0 Å². The van der Waals surface area contributed by atoms with Crippen LogP contribution in [0.15, 0.2) is 47.5 Å². The average molecular weight is 446 g/mol. The lowest BCUT2D eigenvalue weighted by molar-refractivity contribution is 0.234. The second-order valence-corrected chi connectivity index (χ2v) is 6.43. The molecule has 1 aromatic heterocycles. The normalized spacial score (nSPS) is 12.7. The zero-order valence-electron chi connectivity index (χ0n) is 13.0. The van der Waals surface area contributed by atoms with Gasteiger partial charge in [-0.1, -0.05) is 16.9 Å². The first-order chi connectivity index (χ1) is 12.5. The molecule has 2 rings (SSSR count). The summed E-state index contributed by atoms with van der Waals surface area (Å²) >= 11 is 4.30. The fourth-order valence-electron chi connectivity index (χ4n) is 1.65. The van der Waals surface area contributed by atoms with Crippen LogP contribution in [0.2, 0.25) is 0 Å². The average Bonchev–Trinajstić information content (AvgIpc) is 3.08. The van der Waals surface area contributed by atoms with Crippen LogP contribution in [0.4, 0.5) is 10.1 Å². The van der Waals surface area contributed by atoms with Crippen molar-refractivity contribution in [3.63, 3.8) is 0 Å². The molecule has 0 fully saturated rings. The molecule has 0 aliphatic rings. The summed E-state index contributed by atoms with van der Waals surface area (Å²) in [4.78, 5) is 8.10. The van der Waals surface area contributed by atoms with E-state index in [0.29, 0.717) is 23.0 Å². The molecule has 1 heterocycles. The first kappa shape index (κ1) is 19.8. The molecule has 13 heteroatoms. The topological polar surface area (TPSA) is 155 Å². The maximum absolute atomic E-state index is 13.3. The largest absolute Gasteiger partial charge is 0.411 e. The third kappa shape index (κ3) is 5.50. The lowest BCUT2D eigenvalue weighted by atomic mass is 10.3. The van der Waals surface area contributed by atoms with Gasteiger partial charge in [0, 0.05) is 5.75 Å². The fraction of sp³-hybridized carbons (Fsp3) is 0.154. The van der Waals surface area contributed by atoms with Crippen LogP contribution in [-0.2, 0) is 0 Å². The molecule has 0 spiro atoms. The predicted molar refractivity (Wildman–Crippen MR) is 97.0 cm³/mol. The number of halogens is 2. The number of thioether (sulfide) groups is 1. The number of amidine groups is 2. The van der Waals surface area contributed by atoms with Crippen molar-refractivity contribution in [2.24, 2.45) is 20.9 Å². The molecule has 138 valence electrons. The number of hydrogen-bond acceptors (Lipinski definition) is 9. The molecule has 0 saturated carbocycles. The summed E-state index contributed by atoms with van der Waals surface area (Å²) in [7, 11) is 0. The molecular formula is C13H13BrFN7O3S. The van der Waals surface area contributed by atoms with Gasteiger partial charge in [0.15, 0.2) is 16.6 Å². The molecule has 1 aromatic carbocycles. The Labute approximate surface area is 159 Å². The number of rotatable bonds is 7. The Balaban J connectivity index is 2.12. The third-order valence-corrected chi connectivity index (χ3v) is 4.28. The minimum absolute atomic E-state index is 0.0253. The number of nitrogens with one attached hydrogen (secondary N) is 1. The van der Waals surface area contributed by atoms with Gasteiger partial charge in [0.25, 0.3) is 0 Å². The monoisotopic (exact) mass is 445 g/mol. The Morgan fingerprint density at radius 1 is 1.46 bits per heavy atom. The van der Waals surface area contributed by atoms with Crippen molar-refractivity contribution in [2.45, 2.75) is 5.03 Å². The molecular weight excluding hydrogens is 433 g/mol. The number of hydroxylamine groups is 1. The zero-order chi connectivity index (χ0) is 18.9. The van der Waals surface area contributed by atoms with E-state index in [2.05, 4.69) is 46.0 Å². The van der Waals surface area contributed by atoms with Gasteiger partial charge in [-0.05, 0) is 44.4 Å². The van der Waals surface area contributed by atoms with Crippen LogP contribution in [0.5, 0.6) is 0 Å². The van der Waals surface area contributed by atoms with Crippen molar-refractivity contribution in [3.05, 3.63) is 34.2 Å². The van der Waals surface area contributed by atoms with Gasteiger partial charge in [0.2, 0.25) is 0 Å². The number of nitrogens with two attached hydrogens (primary N) is 1. The summed E-state index contributed by atoms with van der Waals surface area (Å²) in [5.41, 5.74) is 7.91. The van der Waals surface area contributed by atoms with E-state index in [-0.39, 0.29) is 21.8 Å². The number of aliphatic imine (C=N–C) groups is 2. The van der Waals surface area contributed by atoms with Crippen molar-refractivity contribution < 1.29 is 19.4 Å². The van der Waals surface area contributed by atoms with E-state index in [9.17, 15) is 9.60 Å². The molecule has 26 heavy (non-hydrogen) atoms. The van der Waals surface area contributed by atoms with Crippen LogP contribution < -0.4 is 11.2 Å². The molecule has 0 saturated heterocycles. The molecule has 0 bridgehead atoms. The van der Waals surface area contributed by atoms with E-state index >= 15 is 0 Å². The zero-order valence-corrected chi connectivity index (χ0v) is 15.4. The third-order valence-electron chi connectivity index (χ3n) is 2.75. The van der Waals surface area contributed by atoms with Crippen LogP contribution in [0.25, 0.3) is 0 Å². The van der Waals surface area contributed by atoms with Crippen LogP contribution in [0.3, 0.4) is 0 Å². The van der Waals surface area contributed by atoms with E-state index in [1.54, 1.807) is 0 Å². The highest BCUT2D eigenvalue weighted by molar-refractivity contribution is 9.10. The Morgan fingerprint density at radius 2 is 2.27 bits per heavy atom. The molecule has 0 amide bonds. The van der Waals surface area contributed by atoms with Crippen molar-refractivity contribution >= 4 is 51.3 Å². The van der Waals surface area contributed by atoms with Gasteiger partial charge < -0.3 is 10.9 Å². The van der Waals surface area contributed by atoms with Gasteiger partial charge in [-0.15, -0.1) is 0 Å². The van der Waals surface area contributed by atoms with Gasteiger partial charge in [0.05, 0.1) is 16.7 Å². The summed E-state index contributed by atoms with van der Waals surface area (Å²) < 4.78 is 18.2. The molecule has 5 N–H and O–H groups in total. The highest BCUT2D eigenvalue weighted by Gasteiger charge is 2.17. The first-order valence-corrected chi connectivity index (χ1v) is 8.70. The van der Waals surface area contributed by atoms with Crippen LogP contribution in [0.1, 0.15) is 5.69 Å². The highest BCUT2D eigenvalue weighted by Crippen LogP contribution is 2.24. The van der Waals surface area contributed by atoms with Crippen molar-refractivity contribution in [1.29, 1.82) is 0 Å². The molecule has 10 nitrogen and oxygen atoms in total. The van der Waals surface area contributed by atoms with Crippen LogP contribution in [-0.4, -0.2) is 50.9 Å². The van der Waals surface area contributed by atoms with E-state index in [0.717, 1.165) is 6.21 Å². The molecule has 0 aliphatic carbocycles. The lowest BCUT2D eigenvalue weighted by Crippen LogP contribution is -2.21. The minimum atomic E-state index is -0.437. The van der Waals surface area contributed by atoms with E-state index < -0.39 is 5.82 Å². The number of nitrogens with zero attached hydrogens (tertiary/aromatic N) is 5. The van der Waals surface area contributed by atoms with Crippen LogP contribution in [0, 0.1) is 5.82 Å². The molecule has 0 aliphatic heterocycles. The number of oxime groups is 1. The maximum Gasteiger partial charge on any atom is 0.186 e.